The summed E-state index contributed by atoms with van der Waals surface area (Å²) in [5.74, 6) is 0.894. The second-order valence-corrected chi connectivity index (χ2v) is 6.23. The van der Waals surface area contributed by atoms with Crippen molar-refractivity contribution in [1.82, 2.24) is 10.3 Å². The first-order valence-electron chi connectivity index (χ1n) is 9.00. The molecule has 6 heteroatoms. The van der Waals surface area contributed by atoms with Crippen LogP contribution in [0.25, 0.3) is 0 Å². The fourth-order valence-electron chi connectivity index (χ4n) is 2.71. The SMILES string of the molecule is COc1cccc(CCNc2ccc(C(=O)NCc3ccccc3F)cn2)c1. The van der Waals surface area contributed by atoms with Crippen LogP contribution in [-0.2, 0) is 13.0 Å². The van der Waals surface area contributed by atoms with E-state index in [4.69, 9.17) is 4.74 Å². The fourth-order valence-corrected chi connectivity index (χ4v) is 2.71. The highest BCUT2D eigenvalue weighted by molar-refractivity contribution is 5.94. The third kappa shape index (κ3) is 5.30. The van der Waals surface area contributed by atoms with Crippen molar-refractivity contribution in [2.24, 2.45) is 0 Å². The van der Waals surface area contributed by atoms with Crippen LogP contribution in [0.4, 0.5) is 10.2 Å². The van der Waals surface area contributed by atoms with E-state index in [9.17, 15) is 9.18 Å². The number of carbonyl (C=O) groups is 1. The quantitative estimate of drug-likeness (QED) is 0.625. The van der Waals surface area contributed by atoms with Crippen LogP contribution in [-0.4, -0.2) is 24.5 Å². The molecule has 1 aromatic heterocycles. The van der Waals surface area contributed by atoms with E-state index >= 15 is 0 Å². The lowest BCUT2D eigenvalue weighted by Gasteiger charge is -2.09. The second-order valence-electron chi connectivity index (χ2n) is 6.23. The Hall–Kier alpha value is -3.41. The first kappa shape index (κ1) is 19.4. The smallest absolute Gasteiger partial charge is 0.253 e. The number of hydrogen-bond acceptors (Lipinski definition) is 4. The molecule has 5 nitrogen and oxygen atoms in total. The lowest BCUT2D eigenvalue weighted by molar-refractivity contribution is 0.0950. The first-order chi connectivity index (χ1) is 13.7. The van der Waals surface area contributed by atoms with Crippen LogP contribution in [0.3, 0.4) is 0 Å². The fraction of sp³-hybridized carbons (Fsp3) is 0.182. The number of ether oxygens (including phenoxy) is 1. The molecule has 0 spiro atoms. The zero-order valence-corrected chi connectivity index (χ0v) is 15.6. The minimum Gasteiger partial charge on any atom is -0.497 e. The van der Waals surface area contributed by atoms with Crippen LogP contribution in [0.2, 0.25) is 0 Å². The lowest BCUT2D eigenvalue weighted by Crippen LogP contribution is -2.23. The molecule has 0 saturated carbocycles. The molecule has 0 radical (unpaired) electrons. The number of pyridine rings is 1. The molecule has 1 amide bonds. The first-order valence-corrected chi connectivity index (χ1v) is 9.00. The Morgan fingerprint density at radius 2 is 1.96 bits per heavy atom. The number of halogens is 1. The molecule has 0 aliphatic rings. The molecule has 0 fully saturated rings. The van der Waals surface area contributed by atoms with E-state index in [1.165, 1.54) is 12.3 Å². The van der Waals surface area contributed by atoms with Gasteiger partial charge >= 0.3 is 0 Å². The number of nitrogens with one attached hydrogen (secondary N) is 2. The molecule has 1 heterocycles. The molecule has 0 aliphatic heterocycles. The minimum atomic E-state index is -0.337. The topological polar surface area (TPSA) is 63.2 Å². The summed E-state index contributed by atoms with van der Waals surface area (Å²) in [6, 6.07) is 17.7. The normalized spacial score (nSPS) is 10.4. The Kier molecular flexibility index (Phi) is 6.57. The summed E-state index contributed by atoms with van der Waals surface area (Å²) in [7, 11) is 1.65. The van der Waals surface area contributed by atoms with Crippen LogP contribution in [0.15, 0.2) is 66.9 Å². The number of benzene rings is 2. The molecular weight excluding hydrogens is 357 g/mol. The van der Waals surface area contributed by atoms with Gasteiger partial charge < -0.3 is 15.4 Å². The van der Waals surface area contributed by atoms with Gasteiger partial charge in [0, 0.05) is 24.8 Å². The Balaban J connectivity index is 1.48. The Morgan fingerprint density at radius 1 is 1.11 bits per heavy atom. The lowest BCUT2D eigenvalue weighted by atomic mass is 10.1. The van der Waals surface area contributed by atoms with Crippen LogP contribution in [0.1, 0.15) is 21.5 Å². The molecule has 144 valence electrons. The summed E-state index contributed by atoms with van der Waals surface area (Å²) in [4.78, 5) is 16.5. The van der Waals surface area contributed by atoms with Crippen LogP contribution in [0.5, 0.6) is 5.75 Å². The zero-order valence-electron chi connectivity index (χ0n) is 15.6. The number of carbonyl (C=O) groups excluding carboxylic acids is 1. The average molecular weight is 379 g/mol. The van der Waals surface area contributed by atoms with Crippen molar-refractivity contribution in [1.29, 1.82) is 0 Å². The molecule has 0 saturated heterocycles. The second kappa shape index (κ2) is 9.50. The van der Waals surface area contributed by atoms with E-state index in [1.807, 2.05) is 24.3 Å². The van der Waals surface area contributed by atoms with Gasteiger partial charge in [0.05, 0.1) is 12.7 Å². The van der Waals surface area contributed by atoms with Gasteiger partial charge in [0.1, 0.15) is 17.4 Å². The minimum absolute atomic E-state index is 0.131. The summed E-state index contributed by atoms with van der Waals surface area (Å²) >= 11 is 0. The standard InChI is InChI=1S/C22H22FN3O2/c1-28-19-7-4-5-16(13-19)11-12-24-21-10-9-18(15-25-21)22(27)26-14-17-6-2-3-8-20(17)23/h2-10,13,15H,11-12,14H2,1H3,(H,24,25)(H,26,27). The van der Waals surface area contributed by atoms with Crippen molar-refractivity contribution in [3.05, 3.63) is 89.4 Å². The van der Waals surface area contributed by atoms with E-state index < -0.39 is 0 Å². The molecule has 3 rings (SSSR count). The van der Waals surface area contributed by atoms with Gasteiger partial charge in [-0.3, -0.25) is 4.79 Å². The highest BCUT2D eigenvalue weighted by Gasteiger charge is 2.08. The Morgan fingerprint density at radius 3 is 2.71 bits per heavy atom. The maximum atomic E-state index is 13.6. The number of nitrogens with zero attached hydrogens (tertiary/aromatic N) is 1. The third-order valence-electron chi connectivity index (χ3n) is 4.28. The van der Waals surface area contributed by atoms with Gasteiger partial charge in [0.25, 0.3) is 5.91 Å². The highest BCUT2D eigenvalue weighted by atomic mass is 19.1. The van der Waals surface area contributed by atoms with E-state index in [-0.39, 0.29) is 18.3 Å². The summed E-state index contributed by atoms with van der Waals surface area (Å²) < 4.78 is 18.8. The Labute approximate surface area is 163 Å². The van der Waals surface area contributed by atoms with Crippen molar-refractivity contribution in [3.8, 4) is 5.75 Å². The van der Waals surface area contributed by atoms with Gasteiger partial charge in [-0.1, -0.05) is 30.3 Å². The molecule has 3 aromatic rings. The summed E-state index contributed by atoms with van der Waals surface area (Å²) in [6.07, 6.45) is 2.33. The maximum absolute atomic E-state index is 13.6. The van der Waals surface area contributed by atoms with Crippen LogP contribution < -0.4 is 15.4 Å². The molecule has 0 atom stereocenters. The summed E-state index contributed by atoms with van der Waals surface area (Å²) in [5.41, 5.74) is 2.03. The van der Waals surface area contributed by atoms with Gasteiger partial charge in [-0.15, -0.1) is 0 Å². The molecule has 2 aromatic carbocycles. The van der Waals surface area contributed by atoms with E-state index in [0.717, 1.165) is 17.7 Å². The highest BCUT2D eigenvalue weighted by Crippen LogP contribution is 2.13. The molecule has 0 bridgehead atoms. The number of rotatable bonds is 8. The van der Waals surface area contributed by atoms with Crippen molar-refractivity contribution in [3.63, 3.8) is 0 Å². The maximum Gasteiger partial charge on any atom is 0.253 e. The van der Waals surface area contributed by atoms with Gasteiger partial charge in [-0.05, 0) is 42.3 Å². The van der Waals surface area contributed by atoms with E-state index in [1.54, 1.807) is 37.4 Å². The van der Waals surface area contributed by atoms with Gasteiger partial charge in [0.2, 0.25) is 0 Å². The molecule has 2 N–H and O–H groups in total. The van der Waals surface area contributed by atoms with Crippen molar-refractivity contribution in [2.75, 3.05) is 19.0 Å². The van der Waals surface area contributed by atoms with Gasteiger partial charge in [-0.25, -0.2) is 9.37 Å². The summed E-state index contributed by atoms with van der Waals surface area (Å²) in [5, 5.41) is 5.93. The average Bonchev–Trinajstić information content (AvgIpc) is 2.73. The van der Waals surface area contributed by atoms with Crippen molar-refractivity contribution < 1.29 is 13.9 Å². The zero-order chi connectivity index (χ0) is 19.8. The number of hydrogen-bond donors (Lipinski definition) is 2. The molecule has 0 unspecified atom stereocenters. The Bertz CT molecular complexity index is 929. The predicted octanol–water partition coefficient (Wildman–Crippen LogP) is 3.81. The van der Waals surface area contributed by atoms with Crippen molar-refractivity contribution in [2.45, 2.75) is 13.0 Å². The number of aromatic nitrogens is 1. The van der Waals surface area contributed by atoms with Gasteiger partial charge in [0.15, 0.2) is 0 Å². The van der Waals surface area contributed by atoms with E-state index in [2.05, 4.69) is 15.6 Å². The largest absolute Gasteiger partial charge is 0.497 e. The monoisotopic (exact) mass is 379 g/mol. The number of methoxy groups -OCH3 is 1. The van der Waals surface area contributed by atoms with Crippen LogP contribution >= 0.6 is 0 Å². The molecule has 0 aliphatic carbocycles. The van der Waals surface area contributed by atoms with E-state index in [0.29, 0.717) is 23.5 Å². The molecular formula is C22H22FN3O2. The number of amides is 1. The van der Waals surface area contributed by atoms with Crippen LogP contribution in [0, 0.1) is 5.82 Å². The molecule has 28 heavy (non-hydrogen) atoms. The third-order valence-corrected chi connectivity index (χ3v) is 4.28. The number of anilines is 1. The summed E-state index contributed by atoms with van der Waals surface area (Å²) in [6.45, 7) is 0.838. The predicted molar refractivity (Wildman–Crippen MR) is 107 cm³/mol. The van der Waals surface area contributed by atoms with Crippen molar-refractivity contribution >= 4 is 11.7 Å². The van der Waals surface area contributed by atoms with Gasteiger partial charge in [-0.2, -0.15) is 0 Å².